The summed E-state index contributed by atoms with van der Waals surface area (Å²) in [5.41, 5.74) is 9.93. The highest BCUT2D eigenvalue weighted by Gasteiger charge is 2.43. The van der Waals surface area contributed by atoms with Crippen molar-refractivity contribution >= 4 is 32.7 Å². The second kappa shape index (κ2) is 10.6. The van der Waals surface area contributed by atoms with E-state index in [0.29, 0.717) is 17.5 Å². The van der Waals surface area contributed by atoms with Gasteiger partial charge < -0.3 is 4.42 Å². The monoisotopic (exact) mass is 627 g/mol. The smallest absolute Gasteiger partial charge is 0.168 e. The molecule has 4 nitrogen and oxygen atoms in total. The molecule has 0 saturated carbocycles. The van der Waals surface area contributed by atoms with E-state index >= 15 is 0 Å². The Balaban J connectivity index is 1.37. The molecule has 49 heavy (non-hydrogen) atoms. The number of hydrogen-bond acceptors (Lipinski definition) is 4. The molecule has 230 valence electrons. The molecule has 0 spiro atoms. The number of para-hydroxylation sites is 1. The lowest BCUT2D eigenvalue weighted by Crippen LogP contribution is -2.22. The Labute approximate surface area is 283 Å². The van der Waals surface area contributed by atoms with E-state index in [9.17, 15) is 0 Å². The normalized spacial score (nSPS) is 15.1. The third kappa shape index (κ3) is 4.07. The third-order valence-corrected chi connectivity index (χ3v) is 10.2. The molecule has 7 aromatic carbocycles. The van der Waals surface area contributed by atoms with Crippen LogP contribution in [0.3, 0.4) is 0 Å². The maximum Gasteiger partial charge on any atom is 0.168 e. The van der Waals surface area contributed by atoms with Crippen LogP contribution in [0, 0.1) is 0 Å². The predicted octanol–water partition coefficient (Wildman–Crippen LogP) is 11.3. The number of furan rings is 1. The van der Waals surface area contributed by atoms with Gasteiger partial charge in [0.15, 0.2) is 17.5 Å². The van der Waals surface area contributed by atoms with Crippen LogP contribution in [0.5, 0.6) is 0 Å². The summed E-state index contributed by atoms with van der Waals surface area (Å²) in [7, 11) is 0. The van der Waals surface area contributed by atoms with Crippen LogP contribution in [-0.2, 0) is 5.41 Å². The van der Waals surface area contributed by atoms with Crippen molar-refractivity contribution in [2.75, 3.05) is 0 Å². The first-order valence-electron chi connectivity index (χ1n) is 16.6. The minimum Gasteiger partial charge on any atom is -0.455 e. The first kappa shape index (κ1) is 27.7. The van der Waals surface area contributed by atoms with E-state index in [1.54, 1.807) is 0 Å². The van der Waals surface area contributed by atoms with E-state index in [1.807, 2.05) is 30.3 Å². The number of hydrogen-bond donors (Lipinski definition) is 0. The van der Waals surface area contributed by atoms with Crippen LogP contribution in [0.4, 0.5) is 0 Å². The van der Waals surface area contributed by atoms with Crippen LogP contribution >= 0.6 is 0 Å². The number of rotatable bonds is 4. The fourth-order valence-electron chi connectivity index (χ4n) is 7.86. The topological polar surface area (TPSA) is 51.8 Å². The molecular weight excluding hydrogens is 599 g/mol. The van der Waals surface area contributed by atoms with Crippen molar-refractivity contribution in [1.29, 1.82) is 0 Å². The van der Waals surface area contributed by atoms with Crippen LogP contribution in [0.1, 0.15) is 23.6 Å². The Morgan fingerprint density at radius 2 is 1.10 bits per heavy atom. The molecular formula is C45H29N3O. The van der Waals surface area contributed by atoms with Gasteiger partial charge in [0.25, 0.3) is 0 Å². The molecule has 0 fully saturated rings. The largest absolute Gasteiger partial charge is 0.455 e. The van der Waals surface area contributed by atoms with Crippen molar-refractivity contribution in [1.82, 2.24) is 15.0 Å². The Hall–Kier alpha value is -6.39. The van der Waals surface area contributed by atoms with E-state index in [2.05, 4.69) is 134 Å². The van der Waals surface area contributed by atoms with Gasteiger partial charge in [-0.1, -0.05) is 146 Å². The summed E-state index contributed by atoms with van der Waals surface area (Å²) < 4.78 is 6.81. The van der Waals surface area contributed by atoms with Crippen LogP contribution in [-0.4, -0.2) is 15.0 Å². The molecule has 1 aliphatic rings. The number of aromatic nitrogens is 3. The number of benzene rings is 7. The zero-order valence-electron chi connectivity index (χ0n) is 26.8. The van der Waals surface area contributed by atoms with Crippen LogP contribution in [0.25, 0.3) is 78.0 Å². The minimum atomic E-state index is -0.414. The van der Waals surface area contributed by atoms with E-state index in [0.717, 1.165) is 60.5 Å². The highest BCUT2D eigenvalue weighted by Crippen LogP contribution is 2.57. The highest BCUT2D eigenvalue weighted by molar-refractivity contribution is 6.14. The summed E-state index contributed by atoms with van der Waals surface area (Å²) in [6.45, 7) is 2.34. The first-order valence-corrected chi connectivity index (χ1v) is 16.6. The van der Waals surface area contributed by atoms with Crippen molar-refractivity contribution in [3.05, 3.63) is 174 Å². The maximum absolute atomic E-state index is 6.81. The molecule has 1 aliphatic carbocycles. The first-order chi connectivity index (χ1) is 24.2. The molecule has 0 amide bonds. The Morgan fingerprint density at radius 3 is 1.96 bits per heavy atom. The van der Waals surface area contributed by atoms with Gasteiger partial charge in [-0.05, 0) is 52.1 Å². The molecule has 0 saturated heterocycles. The molecule has 0 aliphatic heterocycles. The highest BCUT2D eigenvalue weighted by atomic mass is 16.3. The van der Waals surface area contributed by atoms with Gasteiger partial charge in [-0.25, -0.2) is 15.0 Å². The number of fused-ring (bicyclic) bond motifs is 7. The fourth-order valence-corrected chi connectivity index (χ4v) is 7.86. The molecule has 2 heterocycles. The van der Waals surface area contributed by atoms with E-state index in [1.165, 1.54) is 16.7 Å². The van der Waals surface area contributed by atoms with Crippen LogP contribution < -0.4 is 0 Å². The van der Waals surface area contributed by atoms with E-state index < -0.39 is 5.41 Å². The Kier molecular flexibility index (Phi) is 5.97. The van der Waals surface area contributed by atoms with Crippen molar-refractivity contribution < 1.29 is 4.42 Å². The molecule has 0 N–H and O–H groups in total. The van der Waals surface area contributed by atoms with Gasteiger partial charge >= 0.3 is 0 Å². The summed E-state index contributed by atoms with van der Waals surface area (Å²) in [6.07, 6.45) is 0. The lowest BCUT2D eigenvalue weighted by Gasteiger charge is -2.28. The van der Waals surface area contributed by atoms with Gasteiger partial charge in [-0.2, -0.15) is 0 Å². The molecule has 10 rings (SSSR count). The van der Waals surface area contributed by atoms with Crippen LogP contribution in [0.15, 0.2) is 162 Å². The summed E-state index contributed by atoms with van der Waals surface area (Å²) in [6, 6.07) is 55.0. The Morgan fingerprint density at radius 1 is 0.469 bits per heavy atom. The molecule has 0 radical (unpaired) electrons. The molecule has 9 aromatic rings. The summed E-state index contributed by atoms with van der Waals surface area (Å²) in [5.74, 6) is 1.83. The van der Waals surface area contributed by atoms with Gasteiger partial charge in [0, 0.05) is 32.9 Å². The molecule has 1 atom stereocenters. The SMILES string of the molecule is CC1(c2ccccc2)c2ccccc2-c2c1cc1c(oc3ccccc31)c2-c1nc(-c2ccccc2)nc(-c2cccc3ccccc23)n1. The lowest BCUT2D eigenvalue weighted by molar-refractivity contribution is 0.669. The molecule has 2 aromatic heterocycles. The van der Waals surface area contributed by atoms with Gasteiger partial charge in [0.1, 0.15) is 11.2 Å². The van der Waals surface area contributed by atoms with Crippen molar-refractivity contribution in [3.63, 3.8) is 0 Å². The van der Waals surface area contributed by atoms with Crippen molar-refractivity contribution in [2.45, 2.75) is 12.3 Å². The molecule has 0 bridgehead atoms. The van der Waals surface area contributed by atoms with E-state index in [4.69, 9.17) is 19.4 Å². The summed E-state index contributed by atoms with van der Waals surface area (Å²) >= 11 is 0. The van der Waals surface area contributed by atoms with Crippen molar-refractivity contribution in [3.8, 4) is 45.3 Å². The minimum absolute atomic E-state index is 0.414. The average Bonchev–Trinajstić information content (AvgIpc) is 3.67. The molecule has 4 heteroatoms. The van der Waals surface area contributed by atoms with Gasteiger partial charge in [-0.15, -0.1) is 0 Å². The summed E-state index contributed by atoms with van der Waals surface area (Å²) in [4.78, 5) is 15.8. The maximum atomic E-state index is 6.81. The zero-order valence-corrected chi connectivity index (χ0v) is 26.8. The number of nitrogens with zero attached hydrogens (tertiary/aromatic N) is 3. The zero-order chi connectivity index (χ0) is 32.5. The second-order valence-electron chi connectivity index (χ2n) is 12.9. The standard InChI is InChI=1S/C45H29N3O/c1-45(30-19-6-3-7-20-30)36-25-12-10-23-34(36)39-37(45)27-35-32-22-11-13-26-38(32)49-41(35)40(39)44-47-42(29-16-4-2-5-17-29)46-43(48-44)33-24-14-18-28-15-8-9-21-31(28)33/h2-27H,1H3. The van der Waals surface area contributed by atoms with E-state index in [-0.39, 0.29) is 0 Å². The summed E-state index contributed by atoms with van der Waals surface area (Å²) in [5, 5.41) is 4.35. The Bertz CT molecular complexity index is 2730. The van der Waals surface area contributed by atoms with Gasteiger partial charge in [-0.3, -0.25) is 0 Å². The van der Waals surface area contributed by atoms with Gasteiger partial charge in [0.2, 0.25) is 0 Å². The van der Waals surface area contributed by atoms with Gasteiger partial charge in [0.05, 0.1) is 5.56 Å². The quantitative estimate of drug-likeness (QED) is 0.195. The third-order valence-electron chi connectivity index (χ3n) is 10.2. The van der Waals surface area contributed by atoms with Crippen LogP contribution in [0.2, 0.25) is 0 Å². The lowest BCUT2D eigenvalue weighted by atomic mass is 9.74. The second-order valence-corrected chi connectivity index (χ2v) is 12.9. The molecule has 1 unspecified atom stereocenters. The average molecular weight is 628 g/mol. The fraction of sp³-hybridized carbons (Fsp3) is 0.0444. The van der Waals surface area contributed by atoms with Crippen molar-refractivity contribution in [2.24, 2.45) is 0 Å². The predicted molar refractivity (Wildman–Crippen MR) is 198 cm³/mol.